The van der Waals surface area contributed by atoms with Gasteiger partial charge in [-0.2, -0.15) is 0 Å². The van der Waals surface area contributed by atoms with E-state index in [-0.39, 0.29) is 5.91 Å². The molecule has 0 aromatic heterocycles. The zero-order chi connectivity index (χ0) is 21.2. The second kappa shape index (κ2) is 8.09. The smallest absolute Gasteiger partial charge is 0.322 e. The van der Waals surface area contributed by atoms with Gasteiger partial charge < -0.3 is 19.9 Å². The van der Waals surface area contributed by atoms with Crippen molar-refractivity contribution < 1.29 is 24.2 Å². The first kappa shape index (κ1) is 22.2. The summed E-state index contributed by atoms with van der Waals surface area (Å²) in [6, 6.07) is 7.18. The minimum Gasteiger partial charge on any atom is -0.483 e. The third-order valence-corrected chi connectivity index (χ3v) is 4.62. The van der Waals surface area contributed by atoms with Crippen molar-refractivity contribution >= 4 is 11.9 Å². The summed E-state index contributed by atoms with van der Waals surface area (Å²) in [6.07, 6.45) is 1.03. The van der Waals surface area contributed by atoms with Crippen molar-refractivity contribution in [2.45, 2.75) is 83.8 Å². The zero-order valence-corrected chi connectivity index (χ0v) is 17.6. The lowest BCUT2D eigenvalue weighted by molar-refractivity contribution is -0.231. The number of hydrogen-bond acceptors (Lipinski definition) is 5. The molecular formula is C21H32N2O5. The third kappa shape index (κ3) is 5.94. The standard InChI is InChI=1S/C21H32N2O5/c1-19(2,3)28-17(25)20(4,5)27-15-11-9-14(10-12-15)8-7-13-21(6)16(24)22-18(26)23-21/h9-12,17,25H,7-8,13H2,1-6H3,(H2,22,23,24,26). The summed E-state index contributed by atoms with van der Waals surface area (Å²) in [6.45, 7) is 10.9. The molecule has 7 heteroatoms. The van der Waals surface area contributed by atoms with Gasteiger partial charge in [-0.15, -0.1) is 0 Å². The molecule has 0 aliphatic carbocycles. The molecule has 0 radical (unpaired) electrons. The highest BCUT2D eigenvalue weighted by Crippen LogP contribution is 2.26. The molecule has 1 fully saturated rings. The van der Waals surface area contributed by atoms with Crippen molar-refractivity contribution in [1.82, 2.24) is 10.6 Å². The molecule has 1 aliphatic heterocycles. The number of imide groups is 1. The van der Waals surface area contributed by atoms with Crippen LogP contribution in [0.3, 0.4) is 0 Å². The predicted molar refractivity (Wildman–Crippen MR) is 106 cm³/mol. The van der Waals surface area contributed by atoms with E-state index >= 15 is 0 Å². The molecule has 0 saturated carbocycles. The molecule has 3 amide bonds. The number of benzene rings is 1. The van der Waals surface area contributed by atoms with Gasteiger partial charge in [0.05, 0.1) is 5.60 Å². The fourth-order valence-electron chi connectivity index (χ4n) is 2.96. The predicted octanol–water partition coefficient (Wildman–Crippen LogP) is 2.90. The van der Waals surface area contributed by atoms with E-state index in [9.17, 15) is 14.7 Å². The van der Waals surface area contributed by atoms with E-state index in [1.807, 2.05) is 45.0 Å². The van der Waals surface area contributed by atoms with Crippen molar-refractivity contribution in [3.63, 3.8) is 0 Å². The monoisotopic (exact) mass is 392 g/mol. The molecule has 3 N–H and O–H groups in total. The van der Waals surface area contributed by atoms with E-state index in [2.05, 4.69) is 10.6 Å². The summed E-state index contributed by atoms with van der Waals surface area (Å²) >= 11 is 0. The topological polar surface area (TPSA) is 96.9 Å². The van der Waals surface area contributed by atoms with E-state index in [1.54, 1.807) is 20.8 Å². The lowest BCUT2D eigenvalue weighted by atomic mass is 9.94. The minimum atomic E-state index is -1.07. The Balaban J connectivity index is 1.87. The van der Waals surface area contributed by atoms with Crippen molar-refractivity contribution in [3.8, 4) is 5.75 Å². The summed E-state index contributed by atoms with van der Waals surface area (Å²) in [5, 5.41) is 15.2. The van der Waals surface area contributed by atoms with Crippen LogP contribution >= 0.6 is 0 Å². The highest BCUT2D eigenvalue weighted by molar-refractivity contribution is 6.06. The molecule has 1 aromatic carbocycles. The number of aliphatic hydroxyl groups excluding tert-OH is 1. The Bertz CT molecular complexity index is 709. The van der Waals surface area contributed by atoms with Crippen LogP contribution < -0.4 is 15.4 Å². The highest BCUT2D eigenvalue weighted by Gasteiger charge is 2.41. The summed E-state index contributed by atoms with van der Waals surface area (Å²) in [7, 11) is 0. The normalized spacial score (nSPS) is 21.2. The van der Waals surface area contributed by atoms with Crippen molar-refractivity contribution in [2.75, 3.05) is 0 Å². The number of ether oxygens (including phenoxy) is 2. The number of rotatable bonds is 8. The fourth-order valence-corrected chi connectivity index (χ4v) is 2.96. The van der Waals surface area contributed by atoms with Gasteiger partial charge in [-0.3, -0.25) is 10.1 Å². The number of hydrogen-bond donors (Lipinski definition) is 3. The van der Waals surface area contributed by atoms with E-state index in [4.69, 9.17) is 9.47 Å². The van der Waals surface area contributed by atoms with Crippen molar-refractivity contribution in [2.24, 2.45) is 0 Å². The number of urea groups is 1. The molecule has 0 bridgehead atoms. The van der Waals surface area contributed by atoms with Crippen LogP contribution in [0.5, 0.6) is 5.75 Å². The van der Waals surface area contributed by atoms with Crippen molar-refractivity contribution in [1.29, 1.82) is 0 Å². The number of carbonyl (C=O) groups excluding carboxylic acids is 2. The molecular weight excluding hydrogens is 360 g/mol. The first-order chi connectivity index (χ1) is 12.8. The number of amides is 3. The quantitative estimate of drug-likeness (QED) is 0.467. The van der Waals surface area contributed by atoms with Crippen LogP contribution in [-0.2, 0) is 16.0 Å². The molecule has 1 heterocycles. The third-order valence-electron chi connectivity index (χ3n) is 4.62. The van der Waals surface area contributed by atoms with E-state index in [0.717, 1.165) is 18.4 Å². The van der Waals surface area contributed by atoms with E-state index in [0.29, 0.717) is 12.2 Å². The van der Waals surface area contributed by atoms with E-state index < -0.39 is 29.1 Å². The van der Waals surface area contributed by atoms with Crippen LogP contribution in [0.25, 0.3) is 0 Å². The molecule has 2 atom stereocenters. The summed E-state index contributed by atoms with van der Waals surface area (Å²) in [5.41, 5.74) is -1.12. The maximum atomic E-state index is 11.8. The lowest BCUT2D eigenvalue weighted by Crippen LogP contribution is -2.46. The maximum absolute atomic E-state index is 11.8. The maximum Gasteiger partial charge on any atom is 0.322 e. The average Bonchev–Trinajstić information content (AvgIpc) is 2.79. The summed E-state index contributed by atoms with van der Waals surface area (Å²) in [4.78, 5) is 23.1. The second-order valence-corrected chi connectivity index (χ2v) is 9.03. The van der Waals surface area contributed by atoms with Crippen LogP contribution in [0.4, 0.5) is 4.79 Å². The molecule has 28 heavy (non-hydrogen) atoms. The molecule has 1 aliphatic rings. The van der Waals surface area contributed by atoms with Gasteiger partial charge in [0.1, 0.15) is 11.3 Å². The largest absolute Gasteiger partial charge is 0.483 e. The van der Waals surface area contributed by atoms with Crippen LogP contribution in [0.15, 0.2) is 24.3 Å². The van der Waals surface area contributed by atoms with Gasteiger partial charge in [0.2, 0.25) is 0 Å². The van der Waals surface area contributed by atoms with Crippen LogP contribution in [-0.4, -0.2) is 40.1 Å². The molecule has 0 spiro atoms. The molecule has 2 rings (SSSR count). The van der Waals surface area contributed by atoms with Gasteiger partial charge in [-0.05, 0) is 78.5 Å². The Morgan fingerprint density at radius 3 is 2.21 bits per heavy atom. The summed E-state index contributed by atoms with van der Waals surface area (Å²) in [5.74, 6) is 0.360. The molecule has 1 saturated heterocycles. The van der Waals surface area contributed by atoms with Gasteiger partial charge in [0, 0.05) is 0 Å². The van der Waals surface area contributed by atoms with Crippen LogP contribution in [0, 0.1) is 0 Å². The van der Waals surface area contributed by atoms with Gasteiger partial charge >= 0.3 is 6.03 Å². The number of nitrogens with one attached hydrogen (secondary N) is 2. The average molecular weight is 392 g/mol. The number of aryl methyl sites for hydroxylation is 1. The number of carbonyl (C=O) groups is 2. The molecule has 7 nitrogen and oxygen atoms in total. The Labute approximate surface area is 166 Å². The lowest BCUT2D eigenvalue weighted by Gasteiger charge is -2.35. The minimum absolute atomic E-state index is 0.278. The highest BCUT2D eigenvalue weighted by atomic mass is 16.6. The van der Waals surface area contributed by atoms with Crippen molar-refractivity contribution in [3.05, 3.63) is 29.8 Å². The molecule has 156 valence electrons. The van der Waals surface area contributed by atoms with Gasteiger partial charge in [-0.1, -0.05) is 12.1 Å². The zero-order valence-electron chi connectivity index (χ0n) is 17.6. The van der Waals surface area contributed by atoms with Gasteiger partial charge in [0.25, 0.3) is 5.91 Å². The Morgan fingerprint density at radius 1 is 1.11 bits per heavy atom. The Hall–Kier alpha value is -2.12. The van der Waals surface area contributed by atoms with Gasteiger partial charge in [-0.25, -0.2) is 4.79 Å². The van der Waals surface area contributed by atoms with E-state index in [1.165, 1.54) is 0 Å². The van der Waals surface area contributed by atoms with Crippen LogP contribution in [0.2, 0.25) is 0 Å². The SMILES string of the molecule is CC(C)(C)OC(O)C(C)(C)Oc1ccc(CCCC2(C)NC(=O)NC2=O)cc1. The van der Waals surface area contributed by atoms with Gasteiger partial charge in [0.15, 0.2) is 11.9 Å². The number of aliphatic hydroxyl groups is 1. The molecule has 2 unspecified atom stereocenters. The van der Waals surface area contributed by atoms with Crippen LogP contribution in [0.1, 0.15) is 59.9 Å². The second-order valence-electron chi connectivity index (χ2n) is 9.03. The first-order valence-corrected chi connectivity index (χ1v) is 9.58. The Morgan fingerprint density at radius 2 is 1.71 bits per heavy atom. The first-order valence-electron chi connectivity index (χ1n) is 9.58. The summed E-state index contributed by atoms with van der Waals surface area (Å²) < 4.78 is 11.5. The Kier molecular flexibility index (Phi) is 6.41. The molecule has 1 aromatic rings. The fraction of sp³-hybridized carbons (Fsp3) is 0.619.